The van der Waals surface area contributed by atoms with Crippen LogP contribution in [0.25, 0.3) is 0 Å². The average molecular weight is 257 g/mol. The number of hydrogen-bond acceptors (Lipinski definition) is 3. The van der Waals surface area contributed by atoms with E-state index < -0.39 is 0 Å². The highest BCUT2D eigenvalue weighted by Gasteiger charge is 2.09. The predicted molar refractivity (Wildman–Crippen MR) is 60.8 cm³/mol. The van der Waals surface area contributed by atoms with E-state index in [1.807, 2.05) is 0 Å². The summed E-state index contributed by atoms with van der Waals surface area (Å²) in [4.78, 5) is 11.7. The van der Waals surface area contributed by atoms with E-state index in [1.54, 1.807) is 12.1 Å². The van der Waals surface area contributed by atoms with Crippen LogP contribution in [0.5, 0.6) is 0 Å². The monoisotopic (exact) mass is 256 g/mol. The van der Waals surface area contributed by atoms with Crippen molar-refractivity contribution in [3.63, 3.8) is 0 Å². The molecule has 0 atom stereocenters. The summed E-state index contributed by atoms with van der Waals surface area (Å²) in [5.74, 6) is 0.0172. The van der Waals surface area contributed by atoms with Gasteiger partial charge in [0.05, 0.1) is 16.2 Å². The zero-order valence-electron chi connectivity index (χ0n) is 7.87. The number of H-pyrrole nitrogens is 1. The number of amides is 1. The van der Waals surface area contributed by atoms with Gasteiger partial charge in [-0.15, -0.1) is 5.10 Å². The molecule has 0 unspecified atom stereocenters. The van der Waals surface area contributed by atoms with E-state index >= 15 is 0 Å². The first-order chi connectivity index (χ1) is 7.66. The molecule has 0 fully saturated rings. The highest BCUT2D eigenvalue weighted by Crippen LogP contribution is 2.22. The minimum absolute atomic E-state index is 0.326. The summed E-state index contributed by atoms with van der Waals surface area (Å²) in [6.07, 6.45) is 1.40. The van der Waals surface area contributed by atoms with E-state index in [4.69, 9.17) is 23.2 Å². The smallest absolute Gasteiger partial charge is 0.256 e. The number of carbonyl (C=O) groups is 1. The Labute approximate surface area is 101 Å². The molecular formula is C9H6Cl2N4O. The molecule has 82 valence electrons. The molecule has 0 aliphatic heterocycles. The van der Waals surface area contributed by atoms with E-state index in [1.165, 1.54) is 12.3 Å². The third-order valence-corrected chi connectivity index (χ3v) is 2.58. The lowest BCUT2D eigenvalue weighted by Crippen LogP contribution is -2.12. The van der Waals surface area contributed by atoms with E-state index in [9.17, 15) is 4.79 Å². The minimum Gasteiger partial charge on any atom is -0.304 e. The third-order valence-electron chi connectivity index (χ3n) is 1.84. The van der Waals surface area contributed by atoms with Gasteiger partial charge in [-0.05, 0) is 18.2 Å². The van der Waals surface area contributed by atoms with Gasteiger partial charge in [-0.3, -0.25) is 4.79 Å². The van der Waals surface area contributed by atoms with Crippen LogP contribution in [0.4, 0.5) is 5.82 Å². The van der Waals surface area contributed by atoms with Gasteiger partial charge in [0.15, 0.2) is 5.82 Å². The van der Waals surface area contributed by atoms with Gasteiger partial charge >= 0.3 is 0 Å². The van der Waals surface area contributed by atoms with Crippen LogP contribution in [-0.4, -0.2) is 21.3 Å². The number of rotatable bonds is 2. The molecule has 0 bridgehead atoms. The van der Waals surface area contributed by atoms with Crippen LogP contribution in [0.15, 0.2) is 24.4 Å². The Morgan fingerprint density at radius 2 is 2.12 bits per heavy atom. The molecule has 0 aliphatic carbocycles. The van der Waals surface area contributed by atoms with E-state index in [0.29, 0.717) is 21.4 Å². The average Bonchev–Trinajstić information content (AvgIpc) is 2.74. The largest absolute Gasteiger partial charge is 0.304 e. The normalized spacial score (nSPS) is 10.1. The Kier molecular flexibility index (Phi) is 3.07. The number of halogens is 2. The van der Waals surface area contributed by atoms with Crippen LogP contribution in [0.3, 0.4) is 0 Å². The number of nitrogens with one attached hydrogen (secondary N) is 2. The van der Waals surface area contributed by atoms with Gasteiger partial charge in [0, 0.05) is 5.56 Å². The van der Waals surface area contributed by atoms with E-state index in [2.05, 4.69) is 20.7 Å². The summed E-state index contributed by atoms with van der Waals surface area (Å²) >= 11 is 11.5. The molecule has 1 amide bonds. The Hall–Kier alpha value is -1.59. The lowest BCUT2D eigenvalue weighted by atomic mass is 10.2. The first-order valence-corrected chi connectivity index (χ1v) is 5.04. The van der Waals surface area contributed by atoms with Crippen LogP contribution in [0.1, 0.15) is 10.4 Å². The fraction of sp³-hybridized carbons (Fsp3) is 0. The molecule has 16 heavy (non-hydrogen) atoms. The number of nitrogens with zero attached hydrogens (tertiary/aromatic N) is 2. The van der Waals surface area contributed by atoms with Crippen molar-refractivity contribution in [2.75, 3.05) is 5.32 Å². The van der Waals surface area contributed by atoms with Gasteiger partial charge in [-0.1, -0.05) is 23.2 Å². The number of benzene rings is 1. The third kappa shape index (κ3) is 2.32. The van der Waals surface area contributed by atoms with Gasteiger partial charge in [-0.25, -0.2) is 0 Å². The summed E-state index contributed by atoms with van der Waals surface area (Å²) in [5.41, 5.74) is 0.400. The van der Waals surface area contributed by atoms with Crippen molar-refractivity contribution < 1.29 is 4.79 Å². The summed E-state index contributed by atoms with van der Waals surface area (Å²) in [5, 5.41) is 12.9. The standard InChI is InChI=1S/C9H6Cl2N4O/c10-6-2-1-5(3-7(6)11)9(16)13-8-4-12-15-14-8/h1-4H,(H2,12,13,14,15,16). The van der Waals surface area contributed by atoms with Crippen molar-refractivity contribution in [3.05, 3.63) is 40.0 Å². The lowest BCUT2D eigenvalue weighted by molar-refractivity contribution is 0.102. The quantitative estimate of drug-likeness (QED) is 0.867. The zero-order chi connectivity index (χ0) is 11.5. The summed E-state index contributed by atoms with van der Waals surface area (Å²) in [6.45, 7) is 0. The molecule has 0 saturated carbocycles. The summed E-state index contributed by atoms with van der Waals surface area (Å²) in [7, 11) is 0. The molecule has 2 rings (SSSR count). The molecule has 0 saturated heterocycles. The maximum absolute atomic E-state index is 11.7. The molecule has 5 nitrogen and oxygen atoms in total. The zero-order valence-corrected chi connectivity index (χ0v) is 9.38. The lowest BCUT2D eigenvalue weighted by Gasteiger charge is -2.02. The summed E-state index contributed by atoms with van der Waals surface area (Å²) in [6, 6.07) is 4.62. The van der Waals surface area contributed by atoms with Crippen molar-refractivity contribution in [1.82, 2.24) is 15.4 Å². The molecule has 1 aromatic carbocycles. The highest BCUT2D eigenvalue weighted by molar-refractivity contribution is 6.42. The van der Waals surface area contributed by atoms with Gasteiger partial charge in [0.25, 0.3) is 5.91 Å². The number of hydrogen-bond donors (Lipinski definition) is 2. The molecule has 2 aromatic rings. The Morgan fingerprint density at radius 1 is 1.31 bits per heavy atom. The maximum Gasteiger partial charge on any atom is 0.256 e. The molecular weight excluding hydrogens is 251 g/mol. The first-order valence-electron chi connectivity index (χ1n) is 4.29. The Morgan fingerprint density at radius 3 is 2.75 bits per heavy atom. The van der Waals surface area contributed by atoms with Crippen LogP contribution in [-0.2, 0) is 0 Å². The molecule has 2 N–H and O–H groups in total. The fourth-order valence-corrected chi connectivity index (χ4v) is 1.39. The van der Waals surface area contributed by atoms with Crippen molar-refractivity contribution >= 4 is 34.9 Å². The first kappa shape index (κ1) is 10.9. The Bertz CT molecular complexity index is 512. The second-order valence-corrected chi connectivity index (χ2v) is 3.75. The van der Waals surface area contributed by atoms with Crippen molar-refractivity contribution in [2.24, 2.45) is 0 Å². The van der Waals surface area contributed by atoms with E-state index in [-0.39, 0.29) is 5.91 Å². The number of carbonyl (C=O) groups excluding carboxylic acids is 1. The van der Waals surface area contributed by atoms with Crippen molar-refractivity contribution in [2.45, 2.75) is 0 Å². The molecule has 0 aliphatic rings. The second kappa shape index (κ2) is 4.51. The molecule has 0 spiro atoms. The number of aromatic amines is 1. The fourth-order valence-electron chi connectivity index (χ4n) is 1.09. The SMILES string of the molecule is O=C(Nc1cn[nH]n1)c1ccc(Cl)c(Cl)c1. The second-order valence-electron chi connectivity index (χ2n) is 2.94. The van der Waals surface area contributed by atoms with Crippen LogP contribution < -0.4 is 5.32 Å². The van der Waals surface area contributed by atoms with E-state index in [0.717, 1.165) is 0 Å². The number of anilines is 1. The molecule has 7 heteroatoms. The van der Waals surface area contributed by atoms with Gasteiger partial charge < -0.3 is 5.32 Å². The molecule has 1 aromatic heterocycles. The van der Waals surface area contributed by atoms with Gasteiger partial charge in [-0.2, -0.15) is 10.3 Å². The molecule has 0 radical (unpaired) electrons. The van der Waals surface area contributed by atoms with Crippen LogP contribution in [0.2, 0.25) is 10.0 Å². The minimum atomic E-state index is -0.326. The number of aromatic nitrogens is 3. The van der Waals surface area contributed by atoms with Crippen molar-refractivity contribution in [3.8, 4) is 0 Å². The highest BCUT2D eigenvalue weighted by atomic mass is 35.5. The van der Waals surface area contributed by atoms with Crippen molar-refractivity contribution in [1.29, 1.82) is 0 Å². The maximum atomic E-state index is 11.7. The molecule has 1 heterocycles. The topological polar surface area (TPSA) is 70.7 Å². The summed E-state index contributed by atoms with van der Waals surface area (Å²) < 4.78 is 0. The Balaban J connectivity index is 2.18. The van der Waals surface area contributed by atoms with Crippen LogP contribution in [0, 0.1) is 0 Å². The van der Waals surface area contributed by atoms with Gasteiger partial charge in [0.2, 0.25) is 0 Å². The van der Waals surface area contributed by atoms with Gasteiger partial charge in [0.1, 0.15) is 0 Å². The predicted octanol–water partition coefficient (Wildman–Crippen LogP) is 2.36. The van der Waals surface area contributed by atoms with Crippen LogP contribution >= 0.6 is 23.2 Å².